The van der Waals surface area contributed by atoms with Gasteiger partial charge in [0, 0.05) is 30.9 Å². The number of nitrogens with two attached hydrogens (primary N) is 1. The summed E-state index contributed by atoms with van der Waals surface area (Å²) >= 11 is 0. The molecule has 0 unspecified atom stereocenters. The normalized spacial score (nSPS) is 10.0. The highest BCUT2D eigenvalue weighted by atomic mass is 16.5. The molecule has 1 rings (SSSR count). The lowest BCUT2D eigenvalue weighted by Crippen LogP contribution is -2.24. The van der Waals surface area contributed by atoms with E-state index in [1.807, 2.05) is 6.92 Å². The van der Waals surface area contributed by atoms with Crippen LogP contribution in [0.3, 0.4) is 0 Å². The molecule has 21 heavy (non-hydrogen) atoms. The van der Waals surface area contributed by atoms with Crippen LogP contribution in [0.4, 0.5) is 11.4 Å². The lowest BCUT2D eigenvalue weighted by molar-refractivity contribution is -0.143. The van der Waals surface area contributed by atoms with Crippen molar-refractivity contribution in [2.75, 3.05) is 30.7 Å². The fourth-order valence-corrected chi connectivity index (χ4v) is 1.85. The monoisotopic (exact) mass is 293 g/mol. The third-order valence-corrected chi connectivity index (χ3v) is 2.80. The Balaban J connectivity index is 2.59. The van der Waals surface area contributed by atoms with Crippen molar-refractivity contribution in [3.8, 4) is 0 Å². The van der Waals surface area contributed by atoms with Crippen molar-refractivity contribution in [2.24, 2.45) is 0 Å². The van der Waals surface area contributed by atoms with Gasteiger partial charge in [0.05, 0.1) is 12.2 Å². The van der Waals surface area contributed by atoms with Gasteiger partial charge in [-0.1, -0.05) is 0 Å². The summed E-state index contributed by atoms with van der Waals surface area (Å²) in [6, 6.07) is 5.09. The summed E-state index contributed by atoms with van der Waals surface area (Å²) in [5.41, 5.74) is 7.54. The van der Waals surface area contributed by atoms with Gasteiger partial charge < -0.3 is 21.1 Å². The Morgan fingerprint density at radius 2 is 2.05 bits per heavy atom. The molecule has 6 nitrogen and oxygen atoms in total. The van der Waals surface area contributed by atoms with Gasteiger partial charge in [0.25, 0.3) is 5.91 Å². The Kier molecular flexibility index (Phi) is 7.08. The van der Waals surface area contributed by atoms with Crippen LogP contribution in [0.25, 0.3) is 0 Å². The summed E-state index contributed by atoms with van der Waals surface area (Å²) in [5, 5.41) is 5.90. The van der Waals surface area contributed by atoms with Crippen molar-refractivity contribution in [1.82, 2.24) is 5.32 Å². The Labute approximate surface area is 125 Å². The molecule has 0 saturated carbocycles. The smallest absolute Gasteiger partial charge is 0.305 e. The summed E-state index contributed by atoms with van der Waals surface area (Å²) in [5.74, 6) is -0.360. The predicted molar refractivity (Wildman–Crippen MR) is 83.2 cm³/mol. The Hall–Kier alpha value is -2.24. The molecule has 0 heterocycles. The summed E-state index contributed by atoms with van der Waals surface area (Å²) < 4.78 is 4.86. The molecule has 0 atom stereocenters. The van der Waals surface area contributed by atoms with Crippen LogP contribution in [0.1, 0.15) is 37.0 Å². The van der Waals surface area contributed by atoms with Gasteiger partial charge in [-0.15, -0.1) is 0 Å². The van der Waals surface area contributed by atoms with E-state index in [4.69, 9.17) is 10.5 Å². The summed E-state index contributed by atoms with van der Waals surface area (Å²) in [6.45, 7) is 5.16. The average molecular weight is 293 g/mol. The van der Waals surface area contributed by atoms with Crippen molar-refractivity contribution in [1.29, 1.82) is 0 Å². The number of esters is 1. The molecule has 0 aromatic heterocycles. The number of carbonyl (C=O) groups excluding carboxylic acids is 2. The third-order valence-electron chi connectivity index (χ3n) is 2.80. The lowest BCUT2D eigenvalue weighted by atomic mass is 10.1. The highest BCUT2D eigenvalue weighted by molar-refractivity contribution is 6.00. The second-order valence-corrected chi connectivity index (χ2v) is 4.50. The first-order valence-electron chi connectivity index (χ1n) is 7.15. The minimum atomic E-state index is -0.212. The molecular weight excluding hydrogens is 270 g/mol. The first kappa shape index (κ1) is 16.8. The van der Waals surface area contributed by atoms with E-state index in [9.17, 15) is 9.59 Å². The Bertz CT molecular complexity index is 489. The van der Waals surface area contributed by atoms with Gasteiger partial charge in [-0.25, -0.2) is 0 Å². The van der Waals surface area contributed by atoms with Crippen LogP contribution < -0.4 is 16.4 Å². The number of benzene rings is 1. The van der Waals surface area contributed by atoms with E-state index in [2.05, 4.69) is 10.6 Å². The molecule has 6 heteroatoms. The largest absolute Gasteiger partial charge is 0.466 e. The zero-order valence-corrected chi connectivity index (χ0v) is 12.6. The molecule has 0 fully saturated rings. The van der Waals surface area contributed by atoms with Crippen molar-refractivity contribution in [3.63, 3.8) is 0 Å². The number of rotatable bonds is 8. The fraction of sp³-hybridized carbons (Fsp3) is 0.467. The second-order valence-electron chi connectivity index (χ2n) is 4.50. The molecule has 1 aromatic carbocycles. The quantitative estimate of drug-likeness (QED) is 0.386. The van der Waals surface area contributed by atoms with Crippen LogP contribution in [0, 0.1) is 0 Å². The standard InChI is InChI=1S/C15H23N3O3/c1-3-17-15(20)12-8-7-11(16)10-13(12)18-9-5-6-14(19)21-4-2/h7-8,10,18H,3-6,9,16H2,1-2H3,(H,17,20). The van der Waals surface area contributed by atoms with Crippen molar-refractivity contribution in [3.05, 3.63) is 23.8 Å². The van der Waals surface area contributed by atoms with Gasteiger partial charge in [0.2, 0.25) is 0 Å². The SMILES string of the molecule is CCNC(=O)c1ccc(N)cc1NCCCC(=O)OCC. The van der Waals surface area contributed by atoms with Gasteiger partial charge in [-0.3, -0.25) is 9.59 Å². The van der Waals surface area contributed by atoms with E-state index < -0.39 is 0 Å². The number of hydrogen-bond donors (Lipinski definition) is 3. The van der Waals surface area contributed by atoms with Crippen molar-refractivity contribution < 1.29 is 14.3 Å². The molecule has 4 N–H and O–H groups in total. The van der Waals surface area contributed by atoms with Crippen LogP contribution in [0.15, 0.2) is 18.2 Å². The molecular formula is C15H23N3O3. The van der Waals surface area contributed by atoms with E-state index in [0.717, 1.165) is 0 Å². The molecule has 0 aliphatic carbocycles. The van der Waals surface area contributed by atoms with Gasteiger partial charge >= 0.3 is 5.97 Å². The maximum Gasteiger partial charge on any atom is 0.305 e. The molecule has 0 aliphatic heterocycles. The van der Waals surface area contributed by atoms with Crippen molar-refractivity contribution in [2.45, 2.75) is 26.7 Å². The van der Waals surface area contributed by atoms with Gasteiger partial charge in [-0.2, -0.15) is 0 Å². The zero-order chi connectivity index (χ0) is 15.7. The Morgan fingerprint density at radius 1 is 1.29 bits per heavy atom. The molecule has 0 radical (unpaired) electrons. The van der Waals surface area contributed by atoms with E-state index in [-0.39, 0.29) is 11.9 Å². The molecule has 0 saturated heterocycles. The van der Waals surface area contributed by atoms with Crippen LogP contribution in [-0.2, 0) is 9.53 Å². The molecule has 116 valence electrons. The topological polar surface area (TPSA) is 93.5 Å². The van der Waals surface area contributed by atoms with Gasteiger partial charge in [0.1, 0.15) is 0 Å². The summed E-state index contributed by atoms with van der Waals surface area (Å²) in [4.78, 5) is 23.2. The summed E-state index contributed by atoms with van der Waals surface area (Å²) in [7, 11) is 0. The highest BCUT2D eigenvalue weighted by Crippen LogP contribution is 2.19. The maximum atomic E-state index is 11.9. The highest BCUT2D eigenvalue weighted by Gasteiger charge is 2.11. The van der Waals surface area contributed by atoms with Crippen LogP contribution >= 0.6 is 0 Å². The number of anilines is 2. The summed E-state index contributed by atoms with van der Waals surface area (Å²) in [6.07, 6.45) is 0.974. The minimum absolute atomic E-state index is 0.148. The van der Waals surface area contributed by atoms with E-state index in [1.165, 1.54) is 0 Å². The number of nitrogen functional groups attached to an aromatic ring is 1. The molecule has 0 spiro atoms. The van der Waals surface area contributed by atoms with Gasteiger partial charge in [0.15, 0.2) is 0 Å². The lowest BCUT2D eigenvalue weighted by Gasteiger charge is -2.12. The first-order chi connectivity index (χ1) is 10.1. The zero-order valence-electron chi connectivity index (χ0n) is 12.6. The minimum Gasteiger partial charge on any atom is -0.466 e. The van der Waals surface area contributed by atoms with Gasteiger partial charge in [-0.05, 0) is 38.5 Å². The van der Waals surface area contributed by atoms with Crippen LogP contribution in [-0.4, -0.2) is 31.6 Å². The fourth-order valence-electron chi connectivity index (χ4n) is 1.85. The van der Waals surface area contributed by atoms with Crippen molar-refractivity contribution >= 4 is 23.3 Å². The predicted octanol–water partition coefficient (Wildman–Crippen LogP) is 1.77. The van der Waals surface area contributed by atoms with Crippen LogP contribution in [0.5, 0.6) is 0 Å². The first-order valence-corrected chi connectivity index (χ1v) is 7.15. The number of amides is 1. The van der Waals surface area contributed by atoms with E-state index in [1.54, 1.807) is 25.1 Å². The number of ether oxygens (including phenoxy) is 1. The van der Waals surface area contributed by atoms with E-state index >= 15 is 0 Å². The second kappa shape index (κ2) is 8.84. The Morgan fingerprint density at radius 3 is 2.71 bits per heavy atom. The van der Waals surface area contributed by atoms with E-state index in [0.29, 0.717) is 49.5 Å². The molecule has 1 amide bonds. The number of carbonyl (C=O) groups is 2. The molecule has 1 aromatic rings. The maximum absolute atomic E-state index is 11.9. The average Bonchev–Trinajstić information content (AvgIpc) is 2.44. The number of hydrogen-bond acceptors (Lipinski definition) is 5. The molecule has 0 bridgehead atoms. The van der Waals surface area contributed by atoms with Crippen LogP contribution in [0.2, 0.25) is 0 Å². The third kappa shape index (κ3) is 5.72. The molecule has 0 aliphatic rings. The number of nitrogens with one attached hydrogen (secondary N) is 2.